The number of rotatable bonds is 5. The minimum Gasteiger partial charge on any atom is -0.309 e. The van der Waals surface area contributed by atoms with Crippen LogP contribution in [0, 0.1) is 0 Å². The third-order valence-electron chi connectivity index (χ3n) is 1.23. The summed E-state index contributed by atoms with van der Waals surface area (Å²) in [4.78, 5) is 12.6. The van der Waals surface area contributed by atoms with Crippen LogP contribution in [0.3, 0.4) is 0 Å². The molecule has 0 aliphatic heterocycles. The van der Waals surface area contributed by atoms with Gasteiger partial charge in [0.05, 0.1) is 0 Å². The van der Waals surface area contributed by atoms with E-state index in [1.807, 2.05) is 36.7 Å². The van der Waals surface area contributed by atoms with Gasteiger partial charge in [-0.2, -0.15) is 0 Å². The molecule has 0 N–H and O–H groups in total. The zero-order chi connectivity index (χ0) is 7.98. The lowest BCUT2D eigenvalue weighted by molar-refractivity contribution is -0.109. The maximum Gasteiger partial charge on any atom is 0.192 e. The van der Waals surface area contributed by atoms with Gasteiger partial charge in [0.2, 0.25) is 0 Å². The Morgan fingerprint density at radius 3 is 2.40 bits per heavy atom. The molecular formula is C7H14INO. The molecule has 0 unspecified atom stereocenters. The highest BCUT2D eigenvalue weighted by molar-refractivity contribution is 14.1. The van der Waals surface area contributed by atoms with Gasteiger partial charge in [0.15, 0.2) is 3.79 Å². The molecule has 0 aromatic heterocycles. The summed E-state index contributed by atoms with van der Waals surface area (Å²) < 4.78 is 0.274. The van der Waals surface area contributed by atoms with Gasteiger partial charge in [-0.1, -0.05) is 0 Å². The largest absolute Gasteiger partial charge is 0.309 e. The van der Waals surface area contributed by atoms with Crippen LogP contribution in [0.5, 0.6) is 0 Å². The molecule has 0 spiro atoms. The van der Waals surface area contributed by atoms with E-state index in [0.717, 1.165) is 25.8 Å². The second-order valence-corrected chi connectivity index (χ2v) is 3.82. The molecular weight excluding hydrogens is 241 g/mol. The maximum absolute atomic E-state index is 10.5. The number of hydrogen-bond acceptors (Lipinski definition) is 2. The molecule has 0 aromatic rings. The lowest BCUT2D eigenvalue weighted by Crippen LogP contribution is -2.12. The van der Waals surface area contributed by atoms with Gasteiger partial charge in [-0.05, 0) is 56.1 Å². The highest BCUT2D eigenvalue weighted by Crippen LogP contribution is 2.01. The van der Waals surface area contributed by atoms with E-state index in [2.05, 4.69) is 4.90 Å². The Bertz CT molecular complexity index is 104. The van der Waals surface area contributed by atoms with Crippen LogP contribution in [0.2, 0.25) is 0 Å². The first-order chi connectivity index (χ1) is 4.63. The van der Waals surface area contributed by atoms with Crippen LogP contribution in [0.1, 0.15) is 19.3 Å². The van der Waals surface area contributed by atoms with Crippen molar-refractivity contribution in [3.8, 4) is 0 Å². The third kappa shape index (κ3) is 8.36. The lowest BCUT2D eigenvalue weighted by atomic mass is 10.2. The van der Waals surface area contributed by atoms with Crippen molar-refractivity contribution in [2.45, 2.75) is 19.3 Å². The van der Waals surface area contributed by atoms with E-state index in [1.54, 1.807) is 0 Å². The number of carbonyl (C=O) groups is 1. The summed E-state index contributed by atoms with van der Waals surface area (Å²) in [5.41, 5.74) is 0. The molecule has 0 aromatic carbocycles. The fourth-order valence-corrected chi connectivity index (χ4v) is 1.07. The molecule has 0 heterocycles. The maximum atomic E-state index is 10.5. The van der Waals surface area contributed by atoms with Crippen molar-refractivity contribution >= 4 is 26.4 Å². The monoisotopic (exact) mass is 255 g/mol. The molecule has 0 aliphatic carbocycles. The summed E-state index contributed by atoms with van der Waals surface area (Å²) in [5, 5.41) is 0. The van der Waals surface area contributed by atoms with E-state index >= 15 is 0 Å². The number of nitrogens with zero attached hydrogens (tertiary/aromatic N) is 1. The molecule has 0 saturated carbocycles. The van der Waals surface area contributed by atoms with Gasteiger partial charge in [-0.25, -0.2) is 0 Å². The average molecular weight is 255 g/mol. The highest BCUT2D eigenvalue weighted by Gasteiger charge is 1.95. The summed E-state index contributed by atoms with van der Waals surface area (Å²) in [6.45, 7) is 1.09. The van der Waals surface area contributed by atoms with E-state index in [4.69, 9.17) is 0 Å². The van der Waals surface area contributed by atoms with Crippen molar-refractivity contribution in [3.05, 3.63) is 0 Å². The molecule has 0 aliphatic rings. The average Bonchev–Trinajstić information content (AvgIpc) is 1.79. The van der Waals surface area contributed by atoms with E-state index < -0.39 is 0 Å². The van der Waals surface area contributed by atoms with Gasteiger partial charge in [0.25, 0.3) is 0 Å². The Labute approximate surface area is 76.1 Å². The predicted molar refractivity (Wildman–Crippen MR) is 51.4 cm³/mol. The SMILES string of the molecule is CN(C)CCCCC(=O)I. The second kappa shape index (κ2) is 6.09. The van der Waals surface area contributed by atoms with Crippen LogP contribution in [0.15, 0.2) is 0 Å². The van der Waals surface area contributed by atoms with Crippen LogP contribution in [0.4, 0.5) is 0 Å². The number of hydrogen-bond donors (Lipinski definition) is 0. The van der Waals surface area contributed by atoms with Crippen molar-refractivity contribution in [3.63, 3.8) is 0 Å². The zero-order valence-electron chi connectivity index (χ0n) is 6.56. The molecule has 0 atom stereocenters. The highest BCUT2D eigenvalue weighted by atomic mass is 127. The van der Waals surface area contributed by atoms with Gasteiger partial charge in [-0.3, -0.25) is 4.79 Å². The minimum absolute atomic E-state index is 0.274. The summed E-state index contributed by atoms with van der Waals surface area (Å²) in [6, 6.07) is 0. The fourth-order valence-electron chi connectivity index (χ4n) is 0.692. The second-order valence-electron chi connectivity index (χ2n) is 2.62. The Morgan fingerprint density at radius 1 is 1.40 bits per heavy atom. The molecule has 60 valence electrons. The molecule has 0 rings (SSSR count). The number of unbranched alkanes of at least 4 members (excludes halogenated alkanes) is 1. The van der Waals surface area contributed by atoms with Crippen molar-refractivity contribution in [1.82, 2.24) is 4.90 Å². The Kier molecular flexibility index (Phi) is 6.31. The van der Waals surface area contributed by atoms with E-state index in [9.17, 15) is 4.79 Å². The number of halogens is 1. The third-order valence-corrected chi connectivity index (χ3v) is 1.77. The first-order valence-electron chi connectivity index (χ1n) is 3.46. The van der Waals surface area contributed by atoms with Crippen LogP contribution in [0.25, 0.3) is 0 Å². The van der Waals surface area contributed by atoms with E-state index in [-0.39, 0.29) is 3.79 Å². The minimum atomic E-state index is 0.274. The fraction of sp³-hybridized carbons (Fsp3) is 0.857. The van der Waals surface area contributed by atoms with Gasteiger partial charge in [-0.15, -0.1) is 0 Å². The quantitative estimate of drug-likeness (QED) is 0.423. The molecule has 0 bridgehead atoms. The lowest BCUT2D eigenvalue weighted by Gasteiger charge is -2.07. The van der Waals surface area contributed by atoms with Crippen molar-refractivity contribution in [2.24, 2.45) is 0 Å². The summed E-state index contributed by atoms with van der Waals surface area (Å²) in [5.74, 6) is 0. The summed E-state index contributed by atoms with van der Waals surface area (Å²) >= 11 is 1.85. The van der Waals surface area contributed by atoms with Crippen molar-refractivity contribution in [1.29, 1.82) is 0 Å². The zero-order valence-corrected chi connectivity index (χ0v) is 8.72. The number of carbonyl (C=O) groups excluding carboxylic acids is 1. The van der Waals surface area contributed by atoms with Crippen LogP contribution in [-0.4, -0.2) is 29.3 Å². The molecule has 0 saturated heterocycles. The van der Waals surface area contributed by atoms with Crippen LogP contribution < -0.4 is 0 Å². The Hall–Kier alpha value is 0.360. The van der Waals surface area contributed by atoms with Gasteiger partial charge in [0, 0.05) is 6.42 Å². The first-order valence-corrected chi connectivity index (χ1v) is 4.54. The molecule has 10 heavy (non-hydrogen) atoms. The van der Waals surface area contributed by atoms with E-state index in [0.29, 0.717) is 0 Å². The molecule has 0 fully saturated rings. The molecule has 2 nitrogen and oxygen atoms in total. The van der Waals surface area contributed by atoms with Crippen LogP contribution >= 0.6 is 22.6 Å². The van der Waals surface area contributed by atoms with Crippen molar-refractivity contribution < 1.29 is 4.79 Å². The standard InChI is InChI=1S/C7H14INO/c1-9(2)6-4-3-5-7(8)10/h3-6H2,1-2H3. The summed E-state index contributed by atoms with van der Waals surface area (Å²) in [7, 11) is 4.09. The predicted octanol–water partition coefficient (Wildman–Crippen LogP) is 1.68. The summed E-state index contributed by atoms with van der Waals surface area (Å²) in [6.07, 6.45) is 2.89. The van der Waals surface area contributed by atoms with Gasteiger partial charge in [0.1, 0.15) is 0 Å². The normalized spacial score (nSPS) is 10.4. The van der Waals surface area contributed by atoms with Gasteiger partial charge < -0.3 is 4.90 Å². The van der Waals surface area contributed by atoms with Crippen molar-refractivity contribution in [2.75, 3.05) is 20.6 Å². The van der Waals surface area contributed by atoms with Gasteiger partial charge >= 0.3 is 0 Å². The first kappa shape index (κ1) is 10.4. The smallest absolute Gasteiger partial charge is 0.192 e. The Morgan fingerprint density at radius 2 is 2.00 bits per heavy atom. The topological polar surface area (TPSA) is 20.3 Å². The molecule has 0 amide bonds. The van der Waals surface area contributed by atoms with Crippen LogP contribution in [-0.2, 0) is 4.79 Å². The van der Waals surface area contributed by atoms with E-state index in [1.165, 1.54) is 0 Å². The molecule has 3 heteroatoms. The molecule has 0 radical (unpaired) electrons. The Balaban J connectivity index is 2.98.